The minimum Gasteiger partial charge on any atom is -0.487 e. The summed E-state index contributed by atoms with van der Waals surface area (Å²) in [4.78, 5) is 16.5. The molecule has 160 valence electrons. The van der Waals surface area contributed by atoms with Crippen LogP contribution in [0.15, 0.2) is 22.6 Å². The maximum atomic E-state index is 11.9. The van der Waals surface area contributed by atoms with Gasteiger partial charge in [0, 0.05) is 18.4 Å². The second kappa shape index (κ2) is 9.92. The molecule has 29 heavy (non-hydrogen) atoms. The molecule has 0 aliphatic carbocycles. The van der Waals surface area contributed by atoms with E-state index in [1.54, 1.807) is 0 Å². The number of benzene rings is 1. The summed E-state index contributed by atoms with van der Waals surface area (Å²) in [7, 11) is 1.38. The zero-order valence-corrected chi connectivity index (χ0v) is 18.6. The first kappa shape index (κ1) is 22.9. The average Bonchev–Trinajstić information content (AvgIpc) is 3.07. The van der Waals surface area contributed by atoms with E-state index in [2.05, 4.69) is 32.7 Å². The van der Waals surface area contributed by atoms with E-state index < -0.39 is 6.10 Å². The Balaban J connectivity index is 2.12. The summed E-state index contributed by atoms with van der Waals surface area (Å²) in [6, 6.07) is 5.91. The van der Waals surface area contributed by atoms with Crippen LogP contribution in [0.4, 0.5) is 0 Å². The number of nitrogens with zero attached hydrogens (tertiary/aromatic N) is 1. The van der Waals surface area contributed by atoms with Crippen molar-refractivity contribution >= 4 is 5.97 Å². The largest absolute Gasteiger partial charge is 0.487 e. The summed E-state index contributed by atoms with van der Waals surface area (Å²) in [5, 5.41) is 0. The molecule has 1 heterocycles. The van der Waals surface area contributed by atoms with E-state index in [9.17, 15) is 4.79 Å². The first-order valence-corrected chi connectivity index (χ1v) is 10.1. The van der Waals surface area contributed by atoms with Crippen molar-refractivity contribution in [2.75, 3.05) is 13.7 Å². The topological polar surface area (TPSA) is 70.8 Å². The highest BCUT2D eigenvalue weighted by Gasteiger charge is 2.23. The molecule has 0 fully saturated rings. The number of oxazole rings is 1. The minimum atomic E-state index is -0.601. The van der Waals surface area contributed by atoms with Crippen molar-refractivity contribution in [3.05, 3.63) is 46.7 Å². The highest BCUT2D eigenvalue weighted by atomic mass is 16.6. The van der Waals surface area contributed by atoms with Crippen molar-refractivity contribution in [2.24, 2.45) is 0 Å². The molecule has 0 N–H and O–H groups in total. The van der Waals surface area contributed by atoms with Crippen molar-refractivity contribution in [1.82, 2.24) is 4.98 Å². The van der Waals surface area contributed by atoms with Crippen molar-refractivity contribution in [2.45, 2.75) is 72.5 Å². The predicted molar refractivity (Wildman–Crippen MR) is 111 cm³/mol. The molecule has 2 aromatic rings. The number of carbonyl (C=O) groups excluding carboxylic acids is 1. The van der Waals surface area contributed by atoms with Crippen LogP contribution in [0.5, 0.6) is 5.75 Å². The zero-order valence-electron chi connectivity index (χ0n) is 18.6. The molecule has 0 amide bonds. The van der Waals surface area contributed by atoms with Crippen molar-refractivity contribution in [3.63, 3.8) is 0 Å². The lowest BCUT2D eigenvalue weighted by Crippen LogP contribution is -2.28. The van der Waals surface area contributed by atoms with Gasteiger partial charge in [-0.15, -0.1) is 0 Å². The summed E-state index contributed by atoms with van der Waals surface area (Å²) in [5.74, 6) is 1.89. The number of rotatable bonds is 9. The van der Waals surface area contributed by atoms with Crippen LogP contribution >= 0.6 is 0 Å². The van der Waals surface area contributed by atoms with Crippen molar-refractivity contribution < 1.29 is 23.4 Å². The molecule has 0 saturated heterocycles. The Morgan fingerprint density at radius 1 is 1.21 bits per heavy atom. The maximum Gasteiger partial charge on any atom is 0.335 e. The van der Waals surface area contributed by atoms with Gasteiger partial charge in [-0.25, -0.2) is 9.78 Å². The Kier molecular flexibility index (Phi) is 7.85. The fourth-order valence-electron chi connectivity index (χ4n) is 3.00. The number of methoxy groups -OCH3 is 1. The SMILES string of the molecule is CCOC(Cc1ccc(OCc2nc(C(C)(C)C)oc2C)cc1CC)C(=O)OC. The molecule has 0 saturated carbocycles. The molecular formula is C23H33NO5. The van der Waals surface area contributed by atoms with Gasteiger partial charge in [0.1, 0.15) is 23.8 Å². The molecule has 0 aliphatic heterocycles. The first-order valence-electron chi connectivity index (χ1n) is 10.1. The molecule has 6 nitrogen and oxygen atoms in total. The highest BCUT2D eigenvalue weighted by molar-refractivity contribution is 5.75. The molecule has 2 rings (SSSR count). The monoisotopic (exact) mass is 403 g/mol. The van der Waals surface area contributed by atoms with Crippen LogP contribution in [0.2, 0.25) is 0 Å². The molecule has 6 heteroatoms. The number of hydrogen-bond donors (Lipinski definition) is 0. The molecule has 1 aromatic carbocycles. The number of aromatic nitrogens is 1. The molecule has 0 spiro atoms. The third-order valence-corrected chi connectivity index (χ3v) is 4.71. The Labute approximate surface area is 173 Å². The molecule has 1 unspecified atom stereocenters. The zero-order chi connectivity index (χ0) is 21.6. The average molecular weight is 404 g/mol. The van der Waals surface area contributed by atoms with E-state index >= 15 is 0 Å². The second-order valence-corrected chi connectivity index (χ2v) is 8.02. The van der Waals surface area contributed by atoms with Gasteiger partial charge in [-0.1, -0.05) is 33.8 Å². The molecule has 0 bridgehead atoms. The van der Waals surface area contributed by atoms with Crippen LogP contribution in [0, 0.1) is 6.92 Å². The summed E-state index contributed by atoms with van der Waals surface area (Å²) in [6.45, 7) is 12.9. The Bertz CT molecular complexity index is 819. The van der Waals surface area contributed by atoms with Crippen LogP contribution in [0.3, 0.4) is 0 Å². The lowest BCUT2D eigenvalue weighted by molar-refractivity contribution is -0.153. The standard InChI is InChI=1S/C23H33NO5/c1-8-16-12-18(11-10-17(16)13-20(27-9-2)21(25)26-7)28-14-19-15(3)29-22(24-19)23(4,5)6/h10-12,20H,8-9,13-14H2,1-7H3. The van der Waals surface area contributed by atoms with Crippen LogP contribution in [0.25, 0.3) is 0 Å². The van der Waals surface area contributed by atoms with Gasteiger partial charge in [0.2, 0.25) is 0 Å². The number of aryl methyl sites for hydroxylation is 2. The third kappa shape index (κ3) is 6.07. The summed E-state index contributed by atoms with van der Waals surface area (Å²) < 4.78 is 22.2. The van der Waals surface area contributed by atoms with E-state index in [4.69, 9.17) is 18.6 Å². The van der Waals surface area contributed by atoms with Crippen molar-refractivity contribution in [3.8, 4) is 5.75 Å². The van der Waals surface area contributed by atoms with Gasteiger partial charge in [-0.05, 0) is 43.5 Å². The number of ether oxygens (including phenoxy) is 3. The third-order valence-electron chi connectivity index (χ3n) is 4.71. The molecule has 0 radical (unpaired) electrons. The minimum absolute atomic E-state index is 0.142. The molecule has 1 aromatic heterocycles. The van der Waals surface area contributed by atoms with E-state index in [1.165, 1.54) is 7.11 Å². The highest BCUT2D eigenvalue weighted by Crippen LogP contribution is 2.26. The molecular weight excluding hydrogens is 370 g/mol. The Morgan fingerprint density at radius 3 is 2.48 bits per heavy atom. The fourth-order valence-corrected chi connectivity index (χ4v) is 3.00. The van der Waals surface area contributed by atoms with E-state index in [0.29, 0.717) is 25.5 Å². The van der Waals surface area contributed by atoms with Gasteiger partial charge in [0.15, 0.2) is 12.0 Å². The molecule has 1 atom stereocenters. The second-order valence-electron chi connectivity index (χ2n) is 8.02. The quantitative estimate of drug-likeness (QED) is 0.572. The van der Waals surface area contributed by atoms with Crippen LogP contribution in [-0.2, 0) is 39.1 Å². The smallest absolute Gasteiger partial charge is 0.335 e. The van der Waals surface area contributed by atoms with Crippen LogP contribution in [-0.4, -0.2) is 30.8 Å². The Hall–Kier alpha value is -2.34. The summed E-state index contributed by atoms with van der Waals surface area (Å²) in [6.07, 6.45) is 0.695. The van der Waals surface area contributed by atoms with Gasteiger partial charge in [-0.2, -0.15) is 0 Å². The van der Waals surface area contributed by atoms with E-state index in [1.807, 2.05) is 32.0 Å². The maximum absolute atomic E-state index is 11.9. The van der Waals surface area contributed by atoms with Gasteiger partial charge >= 0.3 is 5.97 Å². The number of esters is 1. The van der Waals surface area contributed by atoms with Crippen LogP contribution in [0.1, 0.15) is 63.1 Å². The van der Waals surface area contributed by atoms with E-state index in [-0.39, 0.29) is 11.4 Å². The van der Waals surface area contributed by atoms with Gasteiger partial charge in [0.05, 0.1) is 7.11 Å². The lowest BCUT2D eigenvalue weighted by Gasteiger charge is -2.17. The Morgan fingerprint density at radius 2 is 1.93 bits per heavy atom. The summed E-state index contributed by atoms with van der Waals surface area (Å²) >= 11 is 0. The van der Waals surface area contributed by atoms with Crippen LogP contribution < -0.4 is 4.74 Å². The summed E-state index contributed by atoms with van der Waals surface area (Å²) in [5.41, 5.74) is 2.83. The number of hydrogen-bond acceptors (Lipinski definition) is 6. The molecule has 0 aliphatic rings. The van der Waals surface area contributed by atoms with Crippen molar-refractivity contribution in [1.29, 1.82) is 0 Å². The number of carbonyl (C=O) groups is 1. The lowest BCUT2D eigenvalue weighted by atomic mass is 9.97. The first-order chi connectivity index (χ1) is 13.7. The van der Waals surface area contributed by atoms with E-state index in [0.717, 1.165) is 34.8 Å². The fraction of sp³-hybridized carbons (Fsp3) is 0.565. The predicted octanol–water partition coefficient (Wildman–Crippen LogP) is 4.54. The van der Waals surface area contributed by atoms with Gasteiger partial charge < -0.3 is 18.6 Å². The normalized spacial score (nSPS) is 12.7. The van der Waals surface area contributed by atoms with Gasteiger partial charge in [-0.3, -0.25) is 0 Å². The van der Waals surface area contributed by atoms with Gasteiger partial charge in [0.25, 0.3) is 0 Å².